The smallest absolute Gasteiger partial charge is 0.256 e. The van der Waals surface area contributed by atoms with E-state index in [0.717, 1.165) is 0 Å². The van der Waals surface area contributed by atoms with Crippen molar-refractivity contribution in [3.8, 4) is 11.5 Å². The maximum Gasteiger partial charge on any atom is 0.256 e. The number of hydrogen-bond donors (Lipinski definition) is 1. The molecule has 3 rings (SSSR count). The molecule has 1 heterocycles. The molecule has 0 bridgehead atoms. The zero-order chi connectivity index (χ0) is 17.1. The Labute approximate surface area is 143 Å². The predicted molar refractivity (Wildman–Crippen MR) is 92.0 cm³/mol. The molecule has 0 fully saturated rings. The Bertz CT molecular complexity index is 900. The van der Waals surface area contributed by atoms with E-state index in [9.17, 15) is 4.79 Å². The maximum atomic E-state index is 12.4. The van der Waals surface area contributed by atoms with Crippen LogP contribution in [0.15, 0.2) is 42.5 Å². The lowest BCUT2D eigenvalue weighted by atomic mass is 10.2. The van der Waals surface area contributed by atoms with Gasteiger partial charge in [0.2, 0.25) is 5.28 Å². The average molecular weight is 344 g/mol. The van der Waals surface area contributed by atoms with E-state index in [1.165, 1.54) is 14.2 Å². The summed E-state index contributed by atoms with van der Waals surface area (Å²) < 4.78 is 10.6. The lowest BCUT2D eigenvalue weighted by molar-refractivity contribution is 0.102. The normalized spacial score (nSPS) is 10.5. The molecule has 0 saturated heterocycles. The van der Waals surface area contributed by atoms with Gasteiger partial charge in [0.1, 0.15) is 5.82 Å². The van der Waals surface area contributed by atoms with Crippen LogP contribution in [-0.2, 0) is 0 Å². The van der Waals surface area contributed by atoms with Crippen molar-refractivity contribution in [2.75, 3.05) is 19.5 Å². The first-order valence-electron chi connectivity index (χ1n) is 7.08. The summed E-state index contributed by atoms with van der Waals surface area (Å²) in [6, 6.07) is 12.2. The van der Waals surface area contributed by atoms with Gasteiger partial charge in [-0.25, -0.2) is 4.98 Å². The third-order valence-corrected chi connectivity index (χ3v) is 3.61. The van der Waals surface area contributed by atoms with Gasteiger partial charge in [-0.05, 0) is 29.8 Å². The number of halogens is 1. The summed E-state index contributed by atoms with van der Waals surface area (Å²) in [5.41, 5.74) is 1.05. The predicted octanol–water partition coefficient (Wildman–Crippen LogP) is 3.55. The fraction of sp³-hybridized carbons (Fsp3) is 0.118. The number of fused-ring (bicyclic) bond motifs is 1. The van der Waals surface area contributed by atoms with Gasteiger partial charge < -0.3 is 14.8 Å². The highest BCUT2D eigenvalue weighted by molar-refractivity contribution is 6.29. The van der Waals surface area contributed by atoms with Crippen LogP contribution in [-0.4, -0.2) is 30.1 Å². The molecule has 0 aliphatic carbocycles. The molecule has 3 aromatic rings. The van der Waals surface area contributed by atoms with Gasteiger partial charge in [0.15, 0.2) is 11.5 Å². The summed E-state index contributed by atoms with van der Waals surface area (Å²) in [7, 11) is 3.06. The Morgan fingerprint density at radius 3 is 2.38 bits per heavy atom. The molecule has 0 aliphatic rings. The first-order valence-corrected chi connectivity index (χ1v) is 7.46. The second kappa shape index (κ2) is 6.72. The molecule has 2 aromatic carbocycles. The SMILES string of the molecule is COc1cc2nc(Cl)nc(NC(=O)c3ccccc3)c2cc1OC. The van der Waals surface area contributed by atoms with Gasteiger partial charge in [-0.15, -0.1) is 0 Å². The molecule has 122 valence electrons. The minimum absolute atomic E-state index is 0.0260. The van der Waals surface area contributed by atoms with E-state index < -0.39 is 0 Å². The topological polar surface area (TPSA) is 73.3 Å². The highest BCUT2D eigenvalue weighted by Gasteiger charge is 2.15. The Kier molecular flexibility index (Phi) is 4.48. The van der Waals surface area contributed by atoms with Crippen LogP contribution < -0.4 is 14.8 Å². The summed E-state index contributed by atoms with van der Waals surface area (Å²) in [6.07, 6.45) is 0. The molecular formula is C17H14ClN3O3. The number of amides is 1. The van der Waals surface area contributed by atoms with Crippen LogP contribution in [0, 0.1) is 0 Å². The summed E-state index contributed by atoms with van der Waals surface area (Å²) in [4.78, 5) is 20.7. The van der Waals surface area contributed by atoms with E-state index in [2.05, 4.69) is 15.3 Å². The summed E-state index contributed by atoms with van der Waals surface area (Å²) in [5, 5.41) is 3.38. The van der Waals surface area contributed by atoms with Gasteiger partial charge in [-0.1, -0.05) is 18.2 Å². The summed E-state index contributed by atoms with van der Waals surface area (Å²) in [6.45, 7) is 0. The van der Waals surface area contributed by atoms with Crippen molar-refractivity contribution < 1.29 is 14.3 Å². The molecule has 6 nitrogen and oxygen atoms in total. The fourth-order valence-corrected chi connectivity index (χ4v) is 2.47. The van der Waals surface area contributed by atoms with Crippen molar-refractivity contribution in [1.82, 2.24) is 9.97 Å². The van der Waals surface area contributed by atoms with Crippen molar-refractivity contribution in [1.29, 1.82) is 0 Å². The van der Waals surface area contributed by atoms with Crippen LogP contribution in [0.1, 0.15) is 10.4 Å². The number of nitrogens with zero attached hydrogens (tertiary/aromatic N) is 2. The molecular weight excluding hydrogens is 330 g/mol. The van der Waals surface area contributed by atoms with Crippen LogP contribution in [0.3, 0.4) is 0 Å². The lowest BCUT2D eigenvalue weighted by Gasteiger charge is -2.12. The lowest BCUT2D eigenvalue weighted by Crippen LogP contribution is -2.13. The van der Waals surface area contributed by atoms with Gasteiger partial charge in [-0.3, -0.25) is 4.79 Å². The summed E-state index contributed by atoms with van der Waals surface area (Å²) >= 11 is 5.98. The molecule has 0 aliphatic heterocycles. The standard InChI is InChI=1S/C17H14ClN3O3/c1-23-13-8-11-12(9-14(13)24-2)19-17(18)21-15(11)20-16(22)10-6-4-3-5-7-10/h3-9H,1-2H3,(H,19,20,21,22). The molecule has 1 amide bonds. The minimum Gasteiger partial charge on any atom is -0.493 e. The van der Waals surface area contributed by atoms with Crippen LogP contribution >= 0.6 is 11.6 Å². The number of nitrogens with one attached hydrogen (secondary N) is 1. The first kappa shape index (κ1) is 16.0. The van der Waals surface area contributed by atoms with E-state index in [0.29, 0.717) is 33.8 Å². The number of aromatic nitrogens is 2. The summed E-state index contributed by atoms with van der Waals surface area (Å²) in [5.74, 6) is 1.03. The van der Waals surface area contributed by atoms with Gasteiger partial charge in [0, 0.05) is 17.0 Å². The van der Waals surface area contributed by atoms with Crippen LogP contribution in [0.2, 0.25) is 5.28 Å². The molecule has 0 spiro atoms. The Morgan fingerprint density at radius 1 is 1.04 bits per heavy atom. The van der Waals surface area contributed by atoms with E-state index in [1.54, 1.807) is 36.4 Å². The van der Waals surface area contributed by atoms with Gasteiger partial charge in [0.25, 0.3) is 5.91 Å². The van der Waals surface area contributed by atoms with Crippen molar-refractivity contribution >= 4 is 34.2 Å². The second-order valence-corrected chi connectivity index (χ2v) is 5.22. The monoisotopic (exact) mass is 343 g/mol. The number of benzene rings is 2. The number of methoxy groups -OCH3 is 2. The highest BCUT2D eigenvalue weighted by atomic mass is 35.5. The number of ether oxygens (including phenoxy) is 2. The molecule has 0 atom stereocenters. The molecule has 1 N–H and O–H groups in total. The maximum absolute atomic E-state index is 12.4. The van der Waals surface area contributed by atoms with Gasteiger partial charge >= 0.3 is 0 Å². The number of anilines is 1. The third kappa shape index (κ3) is 3.09. The van der Waals surface area contributed by atoms with E-state index in [1.807, 2.05) is 6.07 Å². The molecule has 7 heteroatoms. The number of carbonyl (C=O) groups excluding carboxylic acids is 1. The quantitative estimate of drug-likeness (QED) is 0.733. The number of carbonyl (C=O) groups is 1. The number of rotatable bonds is 4. The Morgan fingerprint density at radius 2 is 1.71 bits per heavy atom. The highest BCUT2D eigenvalue weighted by Crippen LogP contribution is 2.34. The third-order valence-electron chi connectivity index (χ3n) is 3.44. The van der Waals surface area contributed by atoms with Crippen LogP contribution in [0.5, 0.6) is 11.5 Å². The second-order valence-electron chi connectivity index (χ2n) is 4.89. The van der Waals surface area contributed by atoms with E-state index in [-0.39, 0.29) is 11.2 Å². The van der Waals surface area contributed by atoms with Crippen LogP contribution in [0.4, 0.5) is 5.82 Å². The number of hydrogen-bond acceptors (Lipinski definition) is 5. The first-order chi connectivity index (χ1) is 11.6. The molecule has 1 aromatic heterocycles. The fourth-order valence-electron chi connectivity index (χ4n) is 2.29. The largest absolute Gasteiger partial charge is 0.493 e. The molecule has 0 radical (unpaired) electrons. The zero-order valence-corrected chi connectivity index (χ0v) is 13.8. The zero-order valence-electron chi connectivity index (χ0n) is 13.0. The molecule has 0 unspecified atom stereocenters. The van der Waals surface area contributed by atoms with Gasteiger partial charge in [0.05, 0.1) is 19.7 Å². The minimum atomic E-state index is -0.290. The average Bonchev–Trinajstić information content (AvgIpc) is 2.61. The van der Waals surface area contributed by atoms with Crippen molar-refractivity contribution in [3.05, 3.63) is 53.3 Å². The Hall–Kier alpha value is -2.86. The molecule has 24 heavy (non-hydrogen) atoms. The van der Waals surface area contributed by atoms with Crippen LogP contribution in [0.25, 0.3) is 10.9 Å². The van der Waals surface area contributed by atoms with Crippen molar-refractivity contribution in [2.24, 2.45) is 0 Å². The van der Waals surface area contributed by atoms with E-state index >= 15 is 0 Å². The Balaban J connectivity index is 2.08. The van der Waals surface area contributed by atoms with E-state index in [4.69, 9.17) is 21.1 Å². The van der Waals surface area contributed by atoms with Crippen molar-refractivity contribution in [3.63, 3.8) is 0 Å². The van der Waals surface area contributed by atoms with Gasteiger partial charge in [-0.2, -0.15) is 4.98 Å². The molecule has 0 saturated carbocycles. The van der Waals surface area contributed by atoms with Crippen molar-refractivity contribution in [2.45, 2.75) is 0 Å².